The summed E-state index contributed by atoms with van der Waals surface area (Å²) in [6, 6.07) is 21.5. The van der Waals surface area contributed by atoms with Crippen molar-refractivity contribution in [2.24, 2.45) is 0 Å². The molecule has 0 aliphatic carbocycles. The zero-order valence-corrected chi connectivity index (χ0v) is 17.1. The Morgan fingerprint density at radius 3 is 1.80 bits per heavy atom. The Labute approximate surface area is 175 Å². The second kappa shape index (κ2) is 9.70. The number of benzene rings is 3. The Balaban J connectivity index is 2.01. The lowest BCUT2D eigenvalue weighted by molar-refractivity contribution is -0.140. The Morgan fingerprint density at radius 1 is 0.767 bits per heavy atom. The minimum atomic E-state index is -4.56. The second-order valence-electron chi connectivity index (χ2n) is 7.21. The normalized spacial score (nSPS) is 12.4. The maximum absolute atomic E-state index is 14.1. The van der Waals surface area contributed by atoms with Gasteiger partial charge in [-0.3, -0.25) is 0 Å². The molecular weight excluding hydrogens is 389 g/mol. The molecule has 0 aliphatic rings. The van der Waals surface area contributed by atoms with E-state index in [1.807, 2.05) is 67.6 Å². The van der Waals surface area contributed by atoms with E-state index in [9.17, 15) is 13.2 Å². The summed E-state index contributed by atoms with van der Waals surface area (Å²) in [6.07, 6.45) is -3.97. The zero-order chi connectivity index (χ0) is 21.6. The van der Waals surface area contributed by atoms with Crippen molar-refractivity contribution in [3.63, 3.8) is 0 Å². The molecule has 0 saturated carbocycles. The lowest BCUT2D eigenvalue weighted by atomic mass is 9.92. The van der Waals surface area contributed by atoms with Crippen LogP contribution in [-0.2, 0) is 19.4 Å². The van der Waals surface area contributed by atoms with Crippen molar-refractivity contribution in [1.29, 1.82) is 0 Å². The van der Waals surface area contributed by atoms with Crippen LogP contribution >= 0.6 is 0 Å². The van der Waals surface area contributed by atoms with Crippen molar-refractivity contribution in [2.45, 2.75) is 45.6 Å². The average Bonchev–Trinajstić information content (AvgIpc) is 2.76. The minimum Gasteiger partial charge on any atom is -0.485 e. The maximum atomic E-state index is 14.1. The van der Waals surface area contributed by atoms with E-state index in [1.54, 1.807) is 13.0 Å². The van der Waals surface area contributed by atoms with Crippen molar-refractivity contribution in [1.82, 2.24) is 0 Å². The van der Waals surface area contributed by atoms with E-state index < -0.39 is 11.7 Å². The molecule has 2 nitrogen and oxygen atoms in total. The Kier molecular flexibility index (Phi) is 7.03. The summed E-state index contributed by atoms with van der Waals surface area (Å²) < 4.78 is 54.0. The quantitative estimate of drug-likeness (QED) is 0.383. The summed E-state index contributed by atoms with van der Waals surface area (Å²) in [7, 11) is 0. The lowest BCUT2D eigenvalue weighted by Crippen LogP contribution is -2.15. The van der Waals surface area contributed by atoms with Crippen molar-refractivity contribution in [2.75, 3.05) is 0 Å². The number of hydrogen-bond acceptors (Lipinski definition) is 2. The number of halogens is 3. The molecule has 0 spiro atoms. The molecule has 5 heteroatoms. The van der Waals surface area contributed by atoms with E-state index in [4.69, 9.17) is 9.47 Å². The molecule has 3 aromatic rings. The van der Waals surface area contributed by atoms with Gasteiger partial charge in [-0.25, -0.2) is 0 Å². The van der Waals surface area contributed by atoms with Crippen LogP contribution in [0.1, 0.15) is 48.4 Å². The molecule has 1 unspecified atom stereocenters. The van der Waals surface area contributed by atoms with Gasteiger partial charge in [-0.15, -0.1) is 0 Å². The predicted octanol–water partition coefficient (Wildman–Crippen LogP) is 7.38. The van der Waals surface area contributed by atoms with Crippen LogP contribution in [0.3, 0.4) is 0 Å². The summed E-state index contributed by atoms with van der Waals surface area (Å²) in [5.74, 6) is -0.418. The highest BCUT2D eigenvalue weighted by Crippen LogP contribution is 2.47. The summed E-state index contributed by atoms with van der Waals surface area (Å²) in [6.45, 7) is 3.84. The third kappa shape index (κ3) is 5.35. The predicted molar refractivity (Wildman–Crippen MR) is 112 cm³/mol. The van der Waals surface area contributed by atoms with Crippen LogP contribution in [0.5, 0.6) is 11.5 Å². The summed E-state index contributed by atoms with van der Waals surface area (Å²) in [5.41, 5.74) is 1.12. The number of rotatable bonds is 8. The fourth-order valence-corrected chi connectivity index (χ4v) is 3.22. The molecule has 3 rings (SSSR count). The SMILES string of the molecule is CCC(C)c1ccc(OCc2ccccc2)c(OCc2ccccc2)c1C(F)(F)F. The van der Waals surface area contributed by atoms with E-state index in [-0.39, 0.29) is 36.2 Å². The molecule has 0 fully saturated rings. The first-order valence-corrected chi connectivity index (χ1v) is 9.97. The van der Waals surface area contributed by atoms with Crippen LogP contribution in [-0.4, -0.2) is 0 Å². The molecule has 0 heterocycles. The maximum Gasteiger partial charge on any atom is 0.420 e. The van der Waals surface area contributed by atoms with Crippen LogP contribution in [0.4, 0.5) is 13.2 Å². The molecule has 0 bridgehead atoms. The van der Waals surface area contributed by atoms with Gasteiger partial charge in [0, 0.05) is 0 Å². The largest absolute Gasteiger partial charge is 0.485 e. The van der Waals surface area contributed by atoms with E-state index in [2.05, 4.69) is 0 Å². The van der Waals surface area contributed by atoms with Crippen LogP contribution in [0.15, 0.2) is 72.8 Å². The van der Waals surface area contributed by atoms with Crippen LogP contribution < -0.4 is 9.47 Å². The third-order valence-electron chi connectivity index (χ3n) is 5.04. The van der Waals surface area contributed by atoms with Gasteiger partial charge >= 0.3 is 6.18 Å². The van der Waals surface area contributed by atoms with Crippen molar-refractivity contribution >= 4 is 0 Å². The van der Waals surface area contributed by atoms with Gasteiger partial charge in [0.05, 0.1) is 0 Å². The fraction of sp³-hybridized carbons (Fsp3) is 0.280. The van der Waals surface area contributed by atoms with Gasteiger partial charge < -0.3 is 9.47 Å². The Hall–Kier alpha value is -2.95. The first kappa shape index (κ1) is 21.8. The Morgan fingerprint density at radius 2 is 1.30 bits per heavy atom. The van der Waals surface area contributed by atoms with Gasteiger partial charge in [0.15, 0.2) is 11.5 Å². The highest BCUT2D eigenvalue weighted by atomic mass is 19.4. The molecule has 0 amide bonds. The minimum absolute atomic E-state index is 0.0234. The molecule has 0 aliphatic heterocycles. The van der Waals surface area contributed by atoms with Gasteiger partial charge in [-0.05, 0) is 35.1 Å². The fourth-order valence-electron chi connectivity index (χ4n) is 3.22. The Bertz CT molecular complexity index is 938. The molecule has 0 radical (unpaired) electrons. The lowest BCUT2D eigenvalue weighted by Gasteiger charge is -2.23. The molecule has 3 aromatic carbocycles. The second-order valence-corrected chi connectivity index (χ2v) is 7.21. The average molecular weight is 414 g/mol. The topological polar surface area (TPSA) is 18.5 Å². The van der Waals surface area contributed by atoms with E-state index >= 15 is 0 Å². The molecule has 0 aromatic heterocycles. The van der Waals surface area contributed by atoms with E-state index in [0.29, 0.717) is 6.42 Å². The molecular formula is C25H25F3O2. The third-order valence-corrected chi connectivity index (χ3v) is 5.04. The number of hydrogen-bond donors (Lipinski definition) is 0. The first-order chi connectivity index (χ1) is 14.4. The monoisotopic (exact) mass is 414 g/mol. The van der Waals surface area contributed by atoms with Gasteiger partial charge in [-0.1, -0.05) is 80.6 Å². The van der Waals surface area contributed by atoms with Gasteiger partial charge in [0.25, 0.3) is 0 Å². The number of ether oxygens (including phenoxy) is 2. The molecule has 30 heavy (non-hydrogen) atoms. The summed E-state index contributed by atoms with van der Waals surface area (Å²) in [4.78, 5) is 0. The van der Waals surface area contributed by atoms with E-state index in [0.717, 1.165) is 11.1 Å². The molecule has 0 saturated heterocycles. The summed E-state index contributed by atoms with van der Waals surface area (Å²) >= 11 is 0. The van der Waals surface area contributed by atoms with Crippen LogP contribution in [0.25, 0.3) is 0 Å². The van der Waals surface area contributed by atoms with Gasteiger partial charge in [0.2, 0.25) is 0 Å². The standard InChI is InChI=1S/C25H25F3O2/c1-3-18(2)21-14-15-22(29-16-19-10-6-4-7-11-19)24(23(21)25(26,27)28)30-17-20-12-8-5-9-13-20/h4-15,18H,3,16-17H2,1-2H3. The van der Waals surface area contributed by atoms with Crippen molar-refractivity contribution in [3.8, 4) is 11.5 Å². The molecule has 158 valence electrons. The van der Waals surface area contributed by atoms with Crippen LogP contribution in [0.2, 0.25) is 0 Å². The van der Waals surface area contributed by atoms with Crippen molar-refractivity contribution < 1.29 is 22.6 Å². The highest BCUT2D eigenvalue weighted by molar-refractivity contribution is 5.53. The number of alkyl halides is 3. The molecule has 0 N–H and O–H groups in total. The summed E-state index contributed by atoms with van der Waals surface area (Å²) in [5, 5.41) is 0. The van der Waals surface area contributed by atoms with Gasteiger partial charge in [-0.2, -0.15) is 13.2 Å². The van der Waals surface area contributed by atoms with E-state index in [1.165, 1.54) is 6.07 Å². The smallest absolute Gasteiger partial charge is 0.420 e. The van der Waals surface area contributed by atoms with Gasteiger partial charge in [0.1, 0.15) is 18.8 Å². The van der Waals surface area contributed by atoms with Crippen LogP contribution in [0, 0.1) is 0 Å². The first-order valence-electron chi connectivity index (χ1n) is 9.97. The molecule has 1 atom stereocenters. The zero-order valence-electron chi connectivity index (χ0n) is 17.1. The van der Waals surface area contributed by atoms with Crippen molar-refractivity contribution in [3.05, 3.63) is 95.1 Å². The highest BCUT2D eigenvalue weighted by Gasteiger charge is 2.39.